The highest BCUT2D eigenvalue weighted by molar-refractivity contribution is 6.03. The summed E-state index contributed by atoms with van der Waals surface area (Å²) in [6, 6.07) is 14.8. The molecule has 1 N–H and O–H groups in total. The molecule has 0 spiro atoms. The van der Waals surface area contributed by atoms with E-state index in [-0.39, 0.29) is 11.6 Å². The average Bonchev–Trinajstić information content (AvgIpc) is 3.28. The minimum atomic E-state index is -0.299. The van der Waals surface area contributed by atoms with E-state index in [0.29, 0.717) is 11.3 Å². The quantitative estimate of drug-likeness (QED) is 0.562. The fourth-order valence-corrected chi connectivity index (χ4v) is 3.57. The van der Waals surface area contributed by atoms with Gasteiger partial charge in [-0.25, -0.2) is 0 Å². The summed E-state index contributed by atoms with van der Waals surface area (Å²) in [7, 11) is 0. The lowest BCUT2D eigenvalue weighted by molar-refractivity contribution is 0.102. The number of benzene rings is 1. The first-order valence-electron chi connectivity index (χ1n) is 9.94. The molecular formula is C21H20N8O. The van der Waals surface area contributed by atoms with Crippen molar-refractivity contribution in [2.45, 2.75) is 19.3 Å². The number of rotatable bonds is 4. The molecule has 0 atom stereocenters. The molecule has 9 heteroatoms. The first kappa shape index (κ1) is 18.2. The van der Waals surface area contributed by atoms with Gasteiger partial charge in [0.15, 0.2) is 17.2 Å². The maximum atomic E-state index is 12.6. The molecule has 9 nitrogen and oxygen atoms in total. The molecule has 5 rings (SSSR count). The second kappa shape index (κ2) is 7.86. The second-order valence-electron chi connectivity index (χ2n) is 7.21. The number of aromatic nitrogens is 6. The zero-order chi connectivity index (χ0) is 20.3. The fraction of sp³-hybridized carbons (Fsp3) is 0.238. The van der Waals surface area contributed by atoms with Gasteiger partial charge in [-0.05, 0) is 55.7 Å². The van der Waals surface area contributed by atoms with Crippen molar-refractivity contribution in [3.05, 3.63) is 60.6 Å². The Morgan fingerprint density at radius 2 is 1.83 bits per heavy atom. The maximum Gasteiger partial charge on any atom is 0.276 e. The number of carbonyl (C=O) groups is 1. The summed E-state index contributed by atoms with van der Waals surface area (Å²) in [5, 5.41) is 23.5. The van der Waals surface area contributed by atoms with E-state index in [4.69, 9.17) is 0 Å². The Morgan fingerprint density at radius 1 is 0.933 bits per heavy atom. The van der Waals surface area contributed by atoms with Gasteiger partial charge in [0.2, 0.25) is 0 Å². The summed E-state index contributed by atoms with van der Waals surface area (Å²) < 4.78 is 1.61. The Morgan fingerprint density at radius 3 is 2.67 bits per heavy atom. The van der Waals surface area contributed by atoms with Crippen molar-refractivity contribution < 1.29 is 4.79 Å². The van der Waals surface area contributed by atoms with Gasteiger partial charge in [0, 0.05) is 24.3 Å². The standard InChI is InChI=1S/C21H20N8O/c30-21(18-8-9-19(26-24-18)28-11-2-1-3-12-28)23-16-6-4-5-15(13-16)17-7-10-20-25-22-14-29(20)27-17/h4-10,13-14H,1-3,11-12H2,(H,23,30). The van der Waals surface area contributed by atoms with Crippen LogP contribution in [0.15, 0.2) is 54.9 Å². The van der Waals surface area contributed by atoms with Gasteiger partial charge in [0.25, 0.3) is 5.91 Å². The number of piperidine rings is 1. The molecule has 1 aliphatic rings. The number of anilines is 2. The fourth-order valence-electron chi connectivity index (χ4n) is 3.57. The third-order valence-corrected chi connectivity index (χ3v) is 5.14. The smallest absolute Gasteiger partial charge is 0.276 e. The Kier molecular flexibility index (Phi) is 4.76. The van der Waals surface area contributed by atoms with Crippen molar-refractivity contribution in [1.29, 1.82) is 0 Å². The molecule has 4 aromatic rings. The van der Waals surface area contributed by atoms with E-state index in [1.54, 1.807) is 16.9 Å². The van der Waals surface area contributed by atoms with Gasteiger partial charge < -0.3 is 10.2 Å². The second-order valence-corrected chi connectivity index (χ2v) is 7.21. The van der Waals surface area contributed by atoms with Crippen LogP contribution in [0.4, 0.5) is 11.5 Å². The lowest BCUT2D eigenvalue weighted by Gasteiger charge is -2.27. The van der Waals surface area contributed by atoms with E-state index in [1.165, 1.54) is 19.3 Å². The van der Waals surface area contributed by atoms with Crippen molar-refractivity contribution in [3.63, 3.8) is 0 Å². The predicted octanol–water partition coefficient (Wildman–Crippen LogP) is 2.82. The highest BCUT2D eigenvalue weighted by Gasteiger charge is 2.15. The van der Waals surface area contributed by atoms with Crippen LogP contribution >= 0.6 is 0 Å². The Bertz CT molecular complexity index is 1180. The Labute approximate surface area is 172 Å². The first-order valence-corrected chi connectivity index (χ1v) is 9.94. The molecule has 1 amide bonds. The summed E-state index contributed by atoms with van der Waals surface area (Å²) in [6.45, 7) is 1.98. The Hall–Kier alpha value is -3.88. The van der Waals surface area contributed by atoms with Gasteiger partial charge in [0.05, 0.1) is 5.69 Å². The van der Waals surface area contributed by atoms with E-state index in [2.05, 4.69) is 35.7 Å². The molecular weight excluding hydrogens is 380 g/mol. The van der Waals surface area contributed by atoms with Crippen molar-refractivity contribution in [2.75, 3.05) is 23.3 Å². The summed E-state index contributed by atoms with van der Waals surface area (Å²) in [4.78, 5) is 14.8. The van der Waals surface area contributed by atoms with Crippen LogP contribution in [0.2, 0.25) is 0 Å². The molecule has 0 aliphatic carbocycles. The lowest BCUT2D eigenvalue weighted by atomic mass is 10.1. The normalized spacial score (nSPS) is 14.1. The van der Waals surface area contributed by atoms with Crippen LogP contribution < -0.4 is 10.2 Å². The molecule has 0 unspecified atom stereocenters. The molecule has 1 fully saturated rings. The molecule has 0 radical (unpaired) electrons. The van der Waals surface area contributed by atoms with Crippen LogP contribution in [-0.4, -0.2) is 49.0 Å². The topological polar surface area (TPSA) is 101 Å². The van der Waals surface area contributed by atoms with E-state index in [1.807, 2.05) is 42.5 Å². The van der Waals surface area contributed by atoms with E-state index in [0.717, 1.165) is 30.2 Å². The largest absolute Gasteiger partial charge is 0.355 e. The van der Waals surface area contributed by atoms with Crippen molar-refractivity contribution in [2.24, 2.45) is 0 Å². The van der Waals surface area contributed by atoms with Gasteiger partial charge in [-0.1, -0.05) is 12.1 Å². The van der Waals surface area contributed by atoms with Gasteiger partial charge in [0.1, 0.15) is 6.33 Å². The summed E-state index contributed by atoms with van der Waals surface area (Å²) >= 11 is 0. The minimum Gasteiger partial charge on any atom is -0.355 e. The van der Waals surface area contributed by atoms with Crippen molar-refractivity contribution in [1.82, 2.24) is 30.0 Å². The molecule has 1 aromatic carbocycles. The van der Waals surface area contributed by atoms with Gasteiger partial charge in [-0.3, -0.25) is 4.79 Å². The third kappa shape index (κ3) is 3.69. The first-order chi connectivity index (χ1) is 14.8. The molecule has 1 saturated heterocycles. The molecule has 4 heterocycles. The summed E-state index contributed by atoms with van der Waals surface area (Å²) in [6.07, 6.45) is 5.14. The van der Waals surface area contributed by atoms with E-state index >= 15 is 0 Å². The zero-order valence-electron chi connectivity index (χ0n) is 16.3. The number of hydrogen-bond acceptors (Lipinski definition) is 7. The summed E-state index contributed by atoms with van der Waals surface area (Å²) in [5.41, 5.74) is 3.24. The highest BCUT2D eigenvalue weighted by atomic mass is 16.1. The van der Waals surface area contributed by atoms with Crippen LogP contribution in [0.5, 0.6) is 0 Å². The number of carbonyl (C=O) groups excluding carboxylic acids is 1. The van der Waals surface area contributed by atoms with E-state index < -0.39 is 0 Å². The van der Waals surface area contributed by atoms with Crippen molar-refractivity contribution >= 4 is 23.1 Å². The molecule has 30 heavy (non-hydrogen) atoms. The SMILES string of the molecule is O=C(Nc1cccc(-c2ccc3nncn3n2)c1)c1ccc(N2CCCCC2)nn1. The monoisotopic (exact) mass is 400 g/mol. The number of fused-ring (bicyclic) bond motifs is 1. The number of hydrogen-bond donors (Lipinski definition) is 1. The van der Waals surface area contributed by atoms with E-state index in [9.17, 15) is 4.79 Å². The minimum absolute atomic E-state index is 0.283. The van der Waals surface area contributed by atoms with Gasteiger partial charge in [-0.15, -0.1) is 20.4 Å². The zero-order valence-corrected chi connectivity index (χ0v) is 16.3. The van der Waals surface area contributed by atoms with Gasteiger partial charge in [-0.2, -0.15) is 9.61 Å². The number of amides is 1. The summed E-state index contributed by atoms with van der Waals surface area (Å²) in [5.74, 6) is 0.524. The van der Waals surface area contributed by atoms with Crippen molar-refractivity contribution in [3.8, 4) is 11.3 Å². The lowest BCUT2D eigenvalue weighted by Crippen LogP contribution is -2.30. The van der Waals surface area contributed by atoms with Crippen LogP contribution in [0.25, 0.3) is 16.9 Å². The third-order valence-electron chi connectivity index (χ3n) is 5.14. The molecule has 0 bridgehead atoms. The van der Waals surface area contributed by atoms with Crippen LogP contribution in [-0.2, 0) is 0 Å². The highest BCUT2D eigenvalue weighted by Crippen LogP contribution is 2.22. The number of nitrogens with one attached hydrogen (secondary N) is 1. The van der Waals surface area contributed by atoms with Crippen LogP contribution in [0, 0.1) is 0 Å². The number of nitrogens with zero attached hydrogens (tertiary/aromatic N) is 7. The Balaban J connectivity index is 1.31. The average molecular weight is 400 g/mol. The van der Waals surface area contributed by atoms with Gasteiger partial charge >= 0.3 is 0 Å². The molecule has 3 aromatic heterocycles. The molecule has 150 valence electrons. The molecule has 0 saturated carbocycles. The maximum absolute atomic E-state index is 12.6. The molecule has 1 aliphatic heterocycles. The van der Waals surface area contributed by atoms with Crippen LogP contribution in [0.1, 0.15) is 29.8 Å². The van der Waals surface area contributed by atoms with Crippen LogP contribution in [0.3, 0.4) is 0 Å². The predicted molar refractivity (Wildman–Crippen MR) is 112 cm³/mol.